The molecule has 1 saturated carbocycles. The van der Waals surface area contributed by atoms with E-state index in [4.69, 9.17) is 10.4 Å². The highest BCUT2D eigenvalue weighted by molar-refractivity contribution is 7.10. The van der Waals surface area contributed by atoms with Crippen molar-refractivity contribution < 1.29 is 9.90 Å². The molecule has 0 aliphatic heterocycles. The molecule has 1 aromatic rings. The van der Waals surface area contributed by atoms with E-state index in [0.29, 0.717) is 12.5 Å². The molecule has 5 heteroatoms. The maximum Gasteiger partial charge on any atom is 0.328 e. The van der Waals surface area contributed by atoms with Crippen LogP contribution in [0.25, 0.3) is 6.08 Å². The number of aliphatic carboxylic acids is 1. The summed E-state index contributed by atoms with van der Waals surface area (Å²) in [4.78, 5) is 14.0. The van der Waals surface area contributed by atoms with Gasteiger partial charge in [0.25, 0.3) is 0 Å². The summed E-state index contributed by atoms with van der Waals surface area (Å²) in [6.07, 6.45) is 5.78. The summed E-state index contributed by atoms with van der Waals surface area (Å²) in [5.41, 5.74) is 0.929. The lowest BCUT2D eigenvalue weighted by Crippen LogP contribution is -2.26. The number of rotatable bonds is 7. The third-order valence-electron chi connectivity index (χ3n) is 3.03. The number of nitriles is 1. The predicted octanol–water partition coefficient (Wildman–Crippen LogP) is 2.72. The van der Waals surface area contributed by atoms with E-state index in [-0.39, 0.29) is 0 Å². The van der Waals surface area contributed by atoms with Gasteiger partial charge in [-0.3, -0.25) is 4.90 Å². The summed E-state index contributed by atoms with van der Waals surface area (Å²) in [6.45, 7) is 1.68. The highest BCUT2D eigenvalue weighted by Gasteiger charge is 2.28. The lowest BCUT2D eigenvalue weighted by atomic mass is 10.2. The molecule has 2 rings (SSSR count). The zero-order valence-corrected chi connectivity index (χ0v) is 11.4. The normalized spacial score (nSPS) is 14.9. The van der Waals surface area contributed by atoms with Crippen molar-refractivity contribution in [3.63, 3.8) is 0 Å². The quantitative estimate of drug-likeness (QED) is 0.778. The highest BCUT2D eigenvalue weighted by Crippen LogP contribution is 2.29. The second-order valence-corrected chi connectivity index (χ2v) is 5.62. The van der Waals surface area contributed by atoms with Gasteiger partial charge in [0.05, 0.1) is 6.07 Å². The first kappa shape index (κ1) is 13.8. The van der Waals surface area contributed by atoms with Crippen molar-refractivity contribution in [2.24, 2.45) is 0 Å². The summed E-state index contributed by atoms with van der Waals surface area (Å²) < 4.78 is 0. The molecule has 100 valence electrons. The van der Waals surface area contributed by atoms with Gasteiger partial charge in [-0.25, -0.2) is 4.79 Å². The van der Waals surface area contributed by atoms with Crippen molar-refractivity contribution >= 4 is 23.4 Å². The van der Waals surface area contributed by atoms with Gasteiger partial charge in [-0.2, -0.15) is 5.26 Å². The Labute approximate surface area is 116 Å². The number of hydrogen-bond acceptors (Lipinski definition) is 4. The second-order valence-electron chi connectivity index (χ2n) is 4.63. The van der Waals surface area contributed by atoms with Crippen LogP contribution in [0, 0.1) is 11.3 Å². The molecular formula is C14H16N2O2S. The highest BCUT2D eigenvalue weighted by atomic mass is 32.1. The molecule has 0 bridgehead atoms. The number of hydrogen-bond donors (Lipinski definition) is 1. The van der Waals surface area contributed by atoms with E-state index < -0.39 is 5.97 Å². The molecule has 1 aromatic heterocycles. The third-order valence-corrected chi connectivity index (χ3v) is 3.97. The Bertz CT molecular complexity index is 512. The van der Waals surface area contributed by atoms with Crippen molar-refractivity contribution in [1.82, 2.24) is 4.90 Å². The van der Waals surface area contributed by atoms with E-state index in [0.717, 1.165) is 24.7 Å². The minimum Gasteiger partial charge on any atom is -0.478 e. The van der Waals surface area contributed by atoms with Crippen LogP contribution in [-0.4, -0.2) is 28.6 Å². The Kier molecular flexibility index (Phi) is 4.72. The Hall–Kier alpha value is -1.64. The Morgan fingerprint density at radius 1 is 1.63 bits per heavy atom. The van der Waals surface area contributed by atoms with Crippen molar-refractivity contribution in [2.45, 2.75) is 31.8 Å². The van der Waals surface area contributed by atoms with Gasteiger partial charge < -0.3 is 5.11 Å². The molecule has 1 heterocycles. The van der Waals surface area contributed by atoms with Gasteiger partial charge >= 0.3 is 5.97 Å². The molecule has 0 atom stereocenters. The molecule has 0 radical (unpaired) electrons. The van der Waals surface area contributed by atoms with Gasteiger partial charge in [0.2, 0.25) is 0 Å². The van der Waals surface area contributed by atoms with E-state index in [1.807, 2.05) is 11.4 Å². The first-order valence-corrected chi connectivity index (χ1v) is 7.16. The molecule has 4 nitrogen and oxygen atoms in total. The minimum absolute atomic E-state index is 0.563. The Morgan fingerprint density at radius 2 is 2.42 bits per heavy atom. The number of carbonyl (C=O) groups is 1. The monoisotopic (exact) mass is 276 g/mol. The molecule has 0 saturated heterocycles. The van der Waals surface area contributed by atoms with E-state index in [2.05, 4.69) is 11.0 Å². The summed E-state index contributed by atoms with van der Waals surface area (Å²) in [6, 6.07) is 4.84. The smallest absolute Gasteiger partial charge is 0.328 e. The summed E-state index contributed by atoms with van der Waals surface area (Å²) in [5, 5.41) is 19.2. The zero-order valence-electron chi connectivity index (χ0n) is 10.6. The first-order valence-electron chi connectivity index (χ1n) is 6.28. The fourth-order valence-corrected chi connectivity index (χ4v) is 2.84. The lowest BCUT2D eigenvalue weighted by Gasteiger charge is -2.19. The van der Waals surface area contributed by atoms with Gasteiger partial charge in [0.15, 0.2) is 0 Å². The van der Waals surface area contributed by atoms with E-state index >= 15 is 0 Å². The van der Waals surface area contributed by atoms with Gasteiger partial charge in [-0.1, -0.05) is 0 Å². The molecule has 1 aliphatic rings. The van der Waals surface area contributed by atoms with Crippen LogP contribution in [0.4, 0.5) is 0 Å². The second kappa shape index (κ2) is 6.50. The van der Waals surface area contributed by atoms with Crippen LogP contribution >= 0.6 is 11.3 Å². The molecule has 0 unspecified atom stereocenters. The van der Waals surface area contributed by atoms with Crippen molar-refractivity contribution in [3.8, 4) is 6.07 Å². The number of carboxylic acids is 1. The average molecular weight is 276 g/mol. The van der Waals surface area contributed by atoms with E-state index in [9.17, 15) is 4.79 Å². The number of nitrogens with zero attached hydrogens (tertiary/aromatic N) is 2. The van der Waals surface area contributed by atoms with Crippen LogP contribution in [0.1, 0.15) is 29.7 Å². The number of carboxylic acid groups (broad SMARTS) is 1. The standard InChI is InChI=1S/C14H16N2O2S/c15-6-1-7-16(12-3-4-12)9-13-8-11(10-19-13)2-5-14(17)18/h2,5,8,10,12H,1,3-4,7,9H2,(H,17,18). The fraction of sp³-hybridized carbons (Fsp3) is 0.429. The van der Waals surface area contributed by atoms with Gasteiger partial charge in [-0.15, -0.1) is 11.3 Å². The maximum absolute atomic E-state index is 10.5. The van der Waals surface area contributed by atoms with Crippen LogP contribution in [0.3, 0.4) is 0 Å². The average Bonchev–Trinajstić information content (AvgIpc) is 3.13. The molecule has 1 aliphatic carbocycles. The molecule has 0 aromatic carbocycles. The maximum atomic E-state index is 10.5. The minimum atomic E-state index is -0.929. The molecule has 1 fully saturated rings. The van der Waals surface area contributed by atoms with Crippen LogP contribution in [-0.2, 0) is 11.3 Å². The summed E-state index contributed by atoms with van der Waals surface area (Å²) in [7, 11) is 0. The summed E-state index contributed by atoms with van der Waals surface area (Å²) >= 11 is 1.64. The van der Waals surface area contributed by atoms with Crippen molar-refractivity contribution in [2.75, 3.05) is 6.54 Å². The predicted molar refractivity (Wildman–Crippen MR) is 74.7 cm³/mol. The van der Waals surface area contributed by atoms with Crippen LogP contribution < -0.4 is 0 Å². The van der Waals surface area contributed by atoms with Gasteiger partial charge in [0.1, 0.15) is 0 Å². The molecule has 19 heavy (non-hydrogen) atoms. The first-order chi connectivity index (χ1) is 9.19. The van der Waals surface area contributed by atoms with Gasteiger partial charge in [0, 0.05) is 36.5 Å². The Morgan fingerprint density at radius 3 is 3.05 bits per heavy atom. The van der Waals surface area contributed by atoms with Crippen LogP contribution in [0.15, 0.2) is 17.5 Å². The third kappa shape index (κ3) is 4.51. The molecule has 0 spiro atoms. The van der Waals surface area contributed by atoms with Crippen molar-refractivity contribution in [1.29, 1.82) is 5.26 Å². The van der Waals surface area contributed by atoms with Gasteiger partial charge in [-0.05, 0) is 35.9 Å². The molecular weight excluding hydrogens is 260 g/mol. The molecule has 0 amide bonds. The van der Waals surface area contributed by atoms with E-state index in [1.54, 1.807) is 17.4 Å². The Balaban J connectivity index is 1.94. The van der Waals surface area contributed by atoms with Crippen LogP contribution in [0.5, 0.6) is 0 Å². The van der Waals surface area contributed by atoms with E-state index in [1.165, 1.54) is 17.7 Å². The summed E-state index contributed by atoms with van der Waals surface area (Å²) in [5.74, 6) is -0.929. The largest absolute Gasteiger partial charge is 0.478 e. The zero-order chi connectivity index (χ0) is 13.7. The lowest BCUT2D eigenvalue weighted by molar-refractivity contribution is -0.131. The fourth-order valence-electron chi connectivity index (χ4n) is 1.96. The van der Waals surface area contributed by atoms with Crippen LogP contribution in [0.2, 0.25) is 0 Å². The molecule has 1 N–H and O–H groups in total. The SMILES string of the molecule is N#CCCN(Cc1cc(C=CC(=O)O)cs1)C1CC1. The number of thiophene rings is 1. The van der Waals surface area contributed by atoms with Crippen molar-refractivity contribution in [3.05, 3.63) is 28.0 Å². The topological polar surface area (TPSA) is 64.3 Å².